The van der Waals surface area contributed by atoms with E-state index in [0.29, 0.717) is 18.7 Å². The normalized spacial score (nSPS) is 28.0. The van der Waals surface area contributed by atoms with Crippen molar-refractivity contribution >= 4 is 38.1 Å². The number of rotatable bonds is 5. The van der Waals surface area contributed by atoms with Crippen molar-refractivity contribution in [2.24, 2.45) is 16.8 Å². The second-order valence-electron chi connectivity index (χ2n) is 11.5. The summed E-state index contributed by atoms with van der Waals surface area (Å²) >= 11 is 0. The smallest absolute Gasteiger partial charge is 0.259 e. The molecule has 2 fully saturated rings. The van der Waals surface area contributed by atoms with E-state index in [2.05, 4.69) is 33.9 Å². The Balaban J connectivity index is 1.55. The molecule has 0 unspecified atom stereocenters. The zero-order valence-electron chi connectivity index (χ0n) is 21.5. The summed E-state index contributed by atoms with van der Waals surface area (Å²) < 4.78 is 6.80. The van der Waals surface area contributed by atoms with Crippen molar-refractivity contribution in [2.75, 3.05) is 4.90 Å². The van der Waals surface area contributed by atoms with Crippen molar-refractivity contribution in [3.63, 3.8) is 0 Å². The summed E-state index contributed by atoms with van der Waals surface area (Å²) in [6, 6.07) is 18.6. The van der Waals surface area contributed by atoms with Crippen LogP contribution in [0.5, 0.6) is 0 Å². The number of carbonyl (C=O) groups is 3. The Hall–Kier alpha value is -3.10. The van der Waals surface area contributed by atoms with Gasteiger partial charge >= 0.3 is 0 Å². The molecule has 0 N–H and O–H groups in total. The number of aliphatic imine (C=N–C) groups is 1. The molecule has 3 aliphatic rings. The molecule has 1 aliphatic carbocycles. The molecular weight excluding hydrogens is 470 g/mol. The Kier molecular flexibility index (Phi) is 5.80. The lowest BCUT2D eigenvalue weighted by Crippen LogP contribution is -2.58. The summed E-state index contributed by atoms with van der Waals surface area (Å²) in [5.74, 6) is -2.45. The minimum atomic E-state index is -2.34. The standard InChI is InChI=1S/C28H33N3O4Si/c1-27(2,3)36(4,5)35-22-16-21-23(25(33)31(24(21)32)20-14-10-7-11-15-20)28(22)26(34)30(18-29-28)17-19-12-8-6-9-13-19/h6-15,18,21-23H,16-17H2,1-5H3/t21-,22-,23+,28-/m0/s1. The van der Waals surface area contributed by atoms with E-state index in [1.54, 1.807) is 35.5 Å². The molecule has 7 nitrogen and oxygen atoms in total. The van der Waals surface area contributed by atoms with Gasteiger partial charge in [0.05, 0.1) is 36.5 Å². The fourth-order valence-corrected chi connectivity index (χ4v) is 6.74. The van der Waals surface area contributed by atoms with Gasteiger partial charge in [0.2, 0.25) is 11.8 Å². The van der Waals surface area contributed by atoms with Gasteiger partial charge in [-0.05, 0) is 42.2 Å². The number of benzene rings is 2. The first-order valence-corrected chi connectivity index (χ1v) is 15.4. The zero-order chi connectivity index (χ0) is 25.9. The Labute approximate surface area is 213 Å². The first kappa shape index (κ1) is 24.6. The Morgan fingerprint density at radius 2 is 1.58 bits per heavy atom. The zero-order valence-corrected chi connectivity index (χ0v) is 22.5. The number of carbonyl (C=O) groups excluding carboxylic acids is 3. The lowest BCUT2D eigenvalue weighted by Gasteiger charge is -2.42. The maximum absolute atomic E-state index is 14.2. The van der Waals surface area contributed by atoms with Crippen LogP contribution in [0.15, 0.2) is 65.7 Å². The Morgan fingerprint density at radius 1 is 0.972 bits per heavy atom. The second-order valence-corrected chi connectivity index (χ2v) is 16.3. The van der Waals surface area contributed by atoms with Crippen LogP contribution in [-0.4, -0.2) is 48.9 Å². The predicted octanol–water partition coefficient (Wildman–Crippen LogP) is 4.40. The first-order chi connectivity index (χ1) is 17.0. The van der Waals surface area contributed by atoms with Crippen molar-refractivity contribution in [1.29, 1.82) is 0 Å². The third kappa shape index (κ3) is 3.66. The Morgan fingerprint density at radius 3 is 2.19 bits per heavy atom. The van der Waals surface area contributed by atoms with E-state index in [0.717, 1.165) is 5.56 Å². The quantitative estimate of drug-likeness (QED) is 0.448. The van der Waals surface area contributed by atoms with E-state index in [1.807, 2.05) is 36.4 Å². The highest BCUT2D eigenvalue weighted by Crippen LogP contribution is 2.54. The Bertz CT molecular complexity index is 1220. The van der Waals surface area contributed by atoms with Crippen LogP contribution in [0.4, 0.5) is 5.69 Å². The molecule has 36 heavy (non-hydrogen) atoms. The third-order valence-electron chi connectivity index (χ3n) is 8.33. The van der Waals surface area contributed by atoms with E-state index >= 15 is 0 Å². The van der Waals surface area contributed by atoms with Gasteiger partial charge in [-0.3, -0.25) is 24.3 Å². The fourth-order valence-electron chi connectivity index (χ4n) is 5.40. The van der Waals surface area contributed by atoms with Crippen LogP contribution in [0.25, 0.3) is 0 Å². The van der Waals surface area contributed by atoms with Gasteiger partial charge in [-0.25, -0.2) is 4.90 Å². The molecule has 1 spiro atoms. The highest BCUT2D eigenvalue weighted by atomic mass is 28.4. The first-order valence-electron chi connectivity index (χ1n) is 12.5. The molecular formula is C28H33N3O4Si. The average Bonchev–Trinajstić information content (AvgIpc) is 3.41. The van der Waals surface area contributed by atoms with Gasteiger partial charge in [0.15, 0.2) is 13.9 Å². The lowest BCUT2D eigenvalue weighted by molar-refractivity contribution is -0.139. The highest BCUT2D eigenvalue weighted by Gasteiger charge is 2.72. The molecule has 1 saturated heterocycles. The highest BCUT2D eigenvalue weighted by molar-refractivity contribution is 6.74. The molecule has 1 saturated carbocycles. The average molecular weight is 504 g/mol. The number of imide groups is 1. The summed E-state index contributed by atoms with van der Waals surface area (Å²) in [5.41, 5.74) is 0.0468. The SMILES string of the molecule is CC(C)(C)[Si](C)(C)O[C@H]1C[C@@H]2C(=O)N(c3ccccc3)C(=O)[C@@H]2[C@@]12N=CN(Cc1ccccc1)C2=O. The summed E-state index contributed by atoms with van der Waals surface area (Å²) in [6.45, 7) is 11.0. The van der Waals surface area contributed by atoms with Crippen LogP contribution in [0.3, 0.4) is 0 Å². The summed E-state index contributed by atoms with van der Waals surface area (Å²) in [6.07, 6.45) is 1.21. The minimum Gasteiger partial charge on any atom is -0.411 e. The molecule has 2 aliphatic heterocycles. The molecule has 0 aromatic heterocycles. The molecule has 3 amide bonds. The van der Waals surface area contributed by atoms with Gasteiger partial charge in [-0.1, -0.05) is 69.3 Å². The van der Waals surface area contributed by atoms with Crippen LogP contribution >= 0.6 is 0 Å². The van der Waals surface area contributed by atoms with Gasteiger partial charge in [0.25, 0.3) is 5.91 Å². The van der Waals surface area contributed by atoms with Crippen LogP contribution < -0.4 is 4.90 Å². The van der Waals surface area contributed by atoms with Gasteiger partial charge in [0, 0.05) is 0 Å². The van der Waals surface area contributed by atoms with Gasteiger partial charge in [-0.15, -0.1) is 0 Å². The van der Waals surface area contributed by atoms with E-state index < -0.39 is 31.8 Å². The molecule has 8 heteroatoms. The summed E-state index contributed by atoms with van der Waals surface area (Å²) in [7, 11) is -2.34. The second kappa shape index (κ2) is 8.49. The van der Waals surface area contributed by atoms with Gasteiger partial charge < -0.3 is 4.43 Å². The minimum absolute atomic E-state index is 0.106. The van der Waals surface area contributed by atoms with Crippen LogP contribution in [-0.2, 0) is 25.4 Å². The van der Waals surface area contributed by atoms with E-state index in [1.165, 1.54) is 4.90 Å². The van der Waals surface area contributed by atoms with Crippen molar-refractivity contribution in [2.45, 2.75) is 63.5 Å². The van der Waals surface area contributed by atoms with Crippen molar-refractivity contribution < 1.29 is 18.8 Å². The van der Waals surface area contributed by atoms with Crippen LogP contribution in [0.2, 0.25) is 18.1 Å². The summed E-state index contributed by atoms with van der Waals surface area (Å²) in [4.78, 5) is 49.3. The van der Waals surface area contributed by atoms with Crippen molar-refractivity contribution in [1.82, 2.24) is 4.90 Å². The van der Waals surface area contributed by atoms with Gasteiger partial charge in [-0.2, -0.15) is 0 Å². The number of anilines is 1. The van der Waals surface area contributed by atoms with Crippen molar-refractivity contribution in [3.05, 3.63) is 66.2 Å². The maximum atomic E-state index is 14.2. The van der Waals surface area contributed by atoms with E-state index in [-0.39, 0.29) is 22.8 Å². The third-order valence-corrected chi connectivity index (χ3v) is 12.8. The monoisotopic (exact) mass is 503 g/mol. The van der Waals surface area contributed by atoms with E-state index in [9.17, 15) is 14.4 Å². The molecule has 2 aromatic rings. The lowest BCUT2D eigenvalue weighted by atomic mass is 9.83. The fraction of sp³-hybridized carbons (Fsp3) is 0.429. The summed E-state index contributed by atoms with van der Waals surface area (Å²) in [5, 5.41) is -0.106. The molecule has 2 heterocycles. The number of amides is 3. The molecule has 0 bridgehead atoms. The number of hydrogen-bond donors (Lipinski definition) is 0. The maximum Gasteiger partial charge on any atom is 0.259 e. The molecule has 0 radical (unpaired) electrons. The molecule has 188 valence electrons. The van der Waals surface area contributed by atoms with Gasteiger partial charge in [0.1, 0.15) is 0 Å². The van der Waals surface area contributed by atoms with E-state index in [4.69, 9.17) is 9.42 Å². The predicted molar refractivity (Wildman–Crippen MR) is 141 cm³/mol. The topological polar surface area (TPSA) is 79.3 Å². The van der Waals surface area contributed by atoms with Crippen LogP contribution in [0.1, 0.15) is 32.8 Å². The number of nitrogens with zero attached hydrogens (tertiary/aromatic N) is 3. The number of para-hydroxylation sites is 1. The molecule has 4 atom stereocenters. The largest absolute Gasteiger partial charge is 0.411 e. The van der Waals surface area contributed by atoms with Crippen LogP contribution in [0, 0.1) is 11.8 Å². The van der Waals surface area contributed by atoms with Crippen molar-refractivity contribution in [3.8, 4) is 0 Å². The molecule has 2 aromatic carbocycles. The number of hydrogen-bond acceptors (Lipinski definition) is 5. The number of fused-ring (bicyclic) bond motifs is 2. The molecule has 5 rings (SSSR count).